The number of benzene rings is 2. The molecule has 0 fully saturated rings. The lowest BCUT2D eigenvalue weighted by Gasteiger charge is -2.16. The highest BCUT2D eigenvalue weighted by molar-refractivity contribution is 5.97. The number of nitrogens with zero attached hydrogens (tertiary/aromatic N) is 1. The number of para-hydroxylation sites is 1. The Hall–Kier alpha value is -3.75. The van der Waals surface area contributed by atoms with Crippen LogP contribution in [0.25, 0.3) is 0 Å². The smallest absolute Gasteiger partial charge is 0.272 e. The maximum Gasteiger partial charge on any atom is 0.272 e. The van der Waals surface area contributed by atoms with Crippen LogP contribution in [0, 0.1) is 10.1 Å². The number of nitrogens with two attached hydrogens (primary N) is 1. The standard InChI is InChI=1S/C18H18N4O5/c19-17(24)14(10-13-8-4-5-9-15(13)22(26)27)21-16(23)11-20-18(25)12-6-2-1-3-7-12/h1-9,14H,10-11H2,(H2,19,24)(H,20,25)(H,21,23)/t14-/m1/s1. The Kier molecular flexibility index (Phi) is 6.59. The zero-order valence-corrected chi connectivity index (χ0v) is 14.3. The van der Waals surface area contributed by atoms with Gasteiger partial charge in [0.2, 0.25) is 11.8 Å². The van der Waals surface area contributed by atoms with E-state index >= 15 is 0 Å². The number of rotatable bonds is 8. The van der Waals surface area contributed by atoms with Crippen molar-refractivity contribution in [1.29, 1.82) is 0 Å². The summed E-state index contributed by atoms with van der Waals surface area (Å²) in [4.78, 5) is 46.1. The molecule has 0 aliphatic carbocycles. The highest BCUT2D eigenvalue weighted by atomic mass is 16.6. The summed E-state index contributed by atoms with van der Waals surface area (Å²) in [6, 6.07) is 13.0. The molecule has 0 aromatic heterocycles. The number of primary amides is 1. The highest BCUT2D eigenvalue weighted by Gasteiger charge is 2.23. The van der Waals surface area contributed by atoms with Crippen LogP contribution in [-0.4, -0.2) is 35.2 Å². The number of hydrogen-bond donors (Lipinski definition) is 3. The molecule has 27 heavy (non-hydrogen) atoms. The van der Waals surface area contributed by atoms with Crippen LogP contribution < -0.4 is 16.4 Å². The van der Waals surface area contributed by atoms with E-state index < -0.39 is 28.7 Å². The van der Waals surface area contributed by atoms with Gasteiger partial charge in [0.15, 0.2) is 0 Å². The Morgan fingerprint density at radius 1 is 1.04 bits per heavy atom. The summed E-state index contributed by atoms with van der Waals surface area (Å²) in [6.07, 6.45) is -0.134. The number of nitro benzene ring substituents is 1. The number of carbonyl (C=O) groups is 3. The molecule has 9 heteroatoms. The molecule has 0 aliphatic heterocycles. The van der Waals surface area contributed by atoms with Gasteiger partial charge in [-0.05, 0) is 12.1 Å². The first-order chi connectivity index (χ1) is 12.9. The first kappa shape index (κ1) is 19.6. The summed E-state index contributed by atoms with van der Waals surface area (Å²) in [6.45, 7) is -0.367. The fraction of sp³-hybridized carbons (Fsp3) is 0.167. The van der Waals surface area contributed by atoms with Gasteiger partial charge in [-0.25, -0.2) is 0 Å². The molecule has 0 unspecified atom stereocenters. The average Bonchev–Trinajstić information content (AvgIpc) is 2.66. The summed E-state index contributed by atoms with van der Waals surface area (Å²) in [5.41, 5.74) is 5.77. The molecule has 1 atom stereocenters. The van der Waals surface area contributed by atoms with Gasteiger partial charge in [-0.3, -0.25) is 24.5 Å². The van der Waals surface area contributed by atoms with Gasteiger partial charge in [0.05, 0.1) is 11.5 Å². The van der Waals surface area contributed by atoms with Gasteiger partial charge in [0.1, 0.15) is 6.04 Å². The highest BCUT2D eigenvalue weighted by Crippen LogP contribution is 2.19. The summed E-state index contributed by atoms with van der Waals surface area (Å²) < 4.78 is 0. The maximum atomic E-state index is 12.0. The molecular formula is C18H18N4O5. The third-order valence-electron chi connectivity index (χ3n) is 3.74. The Morgan fingerprint density at radius 2 is 1.67 bits per heavy atom. The predicted octanol–water partition coefficient (Wildman–Crippen LogP) is 0.537. The Labute approximate surface area is 154 Å². The van der Waals surface area contributed by atoms with Crippen molar-refractivity contribution in [3.8, 4) is 0 Å². The number of nitro groups is 1. The molecule has 0 heterocycles. The minimum absolute atomic E-state index is 0.134. The van der Waals surface area contributed by atoms with Crippen LogP contribution in [0.15, 0.2) is 54.6 Å². The lowest BCUT2D eigenvalue weighted by molar-refractivity contribution is -0.385. The molecule has 0 saturated heterocycles. The second-order valence-electron chi connectivity index (χ2n) is 5.66. The monoisotopic (exact) mass is 370 g/mol. The van der Waals surface area contributed by atoms with Gasteiger partial charge in [0, 0.05) is 23.6 Å². The van der Waals surface area contributed by atoms with Crippen molar-refractivity contribution in [3.63, 3.8) is 0 Å². The maximum absolute atomic E-state index is 12.0. The molecule has 0 bridgehead atoms. The number of nitrogens with one attached hydrogen (secondary N) is 2. The molecule has 0 radical (unpaired) electrons. The predicted molar refractivity (Wildman–Crippen MR) is 96.7 cm³/mol. The molecule has 2 aromatic carbocycles. The van der Waals surface area contributed by atoms with Crippen molar-refractivity contribution in [1.82, 2.24) is 10.6 Å². The second-order valence-corrected chi connectivity index (χ2v) is 5.66. The van der Waals surface area contributed by atoms with E-state index in [1.165, 1.54) is 18.2 Å². The van der Waals surface area contributed by atoms with Crippen LogP contribution in [0.1, 0.15) is 15.9 Å². The van der Waals surface area contributed by atoms with Crippen LogP contribution in [0.3, 0.4) is 0 Å². The normalized spacial score (nSPS) is 11.3. The topological polar surface area (TPSA) is 144 Å². The quantitative estimate of drug-likeness (QED) is 0.459. The Balaban J connectivity index is 1.98. The van der Waals surface area contributed by atoms with Crippen LogP contribution in [0.5, 0.6) is 0 Å². The van der Waals surface area contributed by atoms with E-state index in [0.29, 0.717) is 5.56 Å². The van der Waals surface area contributed by atoms with E-state index in [4.69, 9.17) is 5.73 Å². The van der Waals surface area contributed by atoms with Crippen molar-refractivity contribution >= 4 is 23.4 Å². The molecule has 2 rings (SSSR count). The average molecular weight is 370 g/mol. The molecule has 140 valence electrons. The van der Waals surface area contributed by atoms with Gasteiger partial charge < -0.3 is 16.4 Å². The van der Waals surface area contributed by atoms with E-state index in [1.54, 1.807) is 36.4 Å². The van der Waals surface area contributed by atoms with Crippen molar-refractivity contribution in [3.05, 3.63) is 75.8 Å². The van der Waals surface area contributed by atoms with E-state index in [1.807, 2.05) is 0 Å². The minimum Gasteiger partial charge on any atom is -0.368 e. The zero-order chi connectivity index (χ0) is 19.8. The van der Waals surface area contributed by atoms with Crippen molar-refractivity contribution in [2.45, 2.75) is 12.5 Å². The molecule has 9 nitrogen and oxygen atoms in total. The molecule has 0 saturated carbocycles. The SMILES string of the molecule is NC(=O)[C@@H](Cc1ccccc1[N+](=O)[O-])NC(=O)CNC(=O)c1ccccc1. The molecular weight excluding hydrogens is 352 g/mol. The van der Waals surface area contributed by atoms with Gasteiger partial charge in [0.25, 0.3) is 11.6 Å². The molecule has 3 amide bonds. The second kappa shape index (κ2) is 9.09. The largest absolute Gasteiger partial charge is 0.368 e. The fourth-order valence-electron chi connectivity index (χ4n) is 2.40. The van der Waals surface area contributed by atoms with E-state index in [0.717, 1.165) is 0 Å². The summed E-state index contributed by atoms with van der Waals surface area (Å²) >= 11 is 0. The lowest BCUT2D eigenvalue weighted by Crippen LogP contribution is -2.49. The first-order valence-electron chi connectivity index (χ1n) is 8.02. The number of amides is 3. The number of hydrogen-bond acceptors (Lipinski definition) is 5. The lowest BCUT2D eigenvalue weighted by atomic mass is 10.0. The molecule has 4 N–H and O–H groups in total. The van der Waals surface area contributed by atoms with Gasteiger partial charge in [-0.15, -0.1) is 0 Å². The summed E-state index contributed by atoms with van der Waals surface area (Å²) in [5.74, 6) is -1.92. The van der Waals surface area contributed by atoms with Crippen LogP contribution in [0.2, 0.25) is 0 Å². The van der Waals surface area contributed by atoms with Gasteiger partial charge >= 0.3 is 0 Å². The van der Waals surface area contributed by atoms with Gasteiger partial charge in [-0.1, -0.05) is 36.4 Å². The van der Waals surface area contributed by atoms with Crippen LogP contribution in [0.4, 0.5) is 5.69 Å². The summed E-state index contributed by atoms with van der Waals surface area (Å²) in [7, 11) is 0. The third-order valence-corrected chi connectivity index (χ3v) is 3.74. The Bertz CT molecular complexity index is 854. The molecule has 2 aromatic rings. The van der Waals surface area contributed by atoms with Crippen molar-refractivity contribution in [2.24, 2.45) is 5.73 Å². The first-order valence-corrected chi connectivity index (χ1v) is 8.02. The van der Waals surface area contributed by atoms with Crippen molar-refractivity contribution < 1.29 is 19.3 Å². The van der Waals surface area contributed by atoms with Crippen LogP contribution >= 0.6 is 0 Å². The van der Waals surface area contributed by atoms with Gasteiger partial charge in [-0.2, -0.15) is 0 Å². The zero-order valence-electron chi connectivity index (χ0n) is 14.3. The van der Waals surface area contributed by atoms with Crippen molar-refractivity contribution in [2.75, 3.05) is 6.54 Å². The summed E-state index contributed by atoms with van der Waals surface area (Å²) in [5, 5.41) is 15.9. The fourth-order valence-corrected chi connectivity index (χ4v) is 2.40. The minimum atomic E-state index is -1.15. The van der Waals surface area contributed by atoms with E-state index in [2.05, 4.69) is 10.6 Å². The number of carbonyl (C=O) groups excluding carboxylic acids is 3. The molecule has 0 spiro atoms. The van der Waals surface area contributed by atoms with Crippen LogP contribution in [-0.2, 0) is 16.0 Å². The van der Waals surface area contributed by atoms with E-state index in [9.17, 15) is 24.5 Å². The van der Waals surface area contributed by atoms with E-state index in [-0.39, 0.29) is 24.2 Å². The third kappa shape index (κ3) is 5.63. The Morgan fingerprint density at radius 3 is 2.30 bits per heavy atom. The molecule has 0 aliphatic rings.